The fourth-order valence-corrected chi connectivity index (χ4v) is 4.45. The topological polar surface area (TPSA) is 50.8 Å². The molecule has 2 unspecified atom stereocenters. The zero-order chi connectivity index (χ0) is 23.2. The third-order valence-corrected chi connectivity index (χ3v) is 6.20. The van der Waals surface area contributed by atoms with E-state index in [-0.39, 0.29) is 23.7 Å². The maximum absolute atomic E-state index is 13.5. The molecule has 0 radical (unpaired) electrons. The van der Waals surface area contributed by atoms with Crippen LogP contribution in [0.3, 0.4) is 0 Å². The van der Waals surface area contributed by atoms with E-state index in [2.05, 4.69) is 22.3 Å². The normalized spacial score (nSPS) is 18.5. The molecular formula is C27H29FN2O3. The number of ether oxygens (including phenoxy) is 2. The standard InChI is InChI=1S/C27H29FN2O3/c1-32-23-13-14-24(26(16-23)33-2)29-27(31)21-10-15-25(20-8-11-22(28)12-9-20)30(18-21)17-19-6-4-3-5-7-19/h3-9,11-14,16,21,25H,10,15,17-18H2,1-2H3,(H,29,31). The van der Waals surface area contributed by atoms with Gasteiger partial charge in [0.05, 0.1) is 25.8 Å². The van der Waals surface area contributed by atoms with Crippen LogP contribution in [0.15, 0.2) is 72.8 Å². The van der Waals surface area contributed by atoms with Crippen LogP contribution in [0.25, 0.3) is 0 Å². The van der Waals surface area contributed by atoms with Crippen molar-refractivity contribution in [1.82, 2.24) is 4.90 Å². The summed E-state index contributed by atoms with van der Waals surface area (Å²) < 4.78 is 24.2. The number of nitrogens with zero attached hydrogens (tertiary/aromatic N) is 1. The van der Waals surface area contributed by atoms with Crippen molar-refractivity contribution in [3.8, 4) is 11.5 Å². The van der Waals surface area contributed by atoms with Crippen molar-refractivity contribution in [3.63, 3.8) is 0 Å². The smallest absolute Gasteiger partial charge is 0.228 e. The second-order valence-corrected chi connectivity index (χ2v) is 8.31. The number of likely N-dealkylation sites (tertiary alicyclic amines) is 1. The van der Waals surface area contributed by atoms with Gasteiger partial charge >= 0.3 is 0 Å². The number of methoxy groups -OCH3 is 2. The van der Waals surface area contributed by atoms with Gasteiger partial charge in [-0.2, -0.15) is 0 Å². The first-order chi connectivity index (χ1) is 16.1. The lowest BCUT2D eigenvalue weighted by molar-refractivity contribution is -0.122. The minimum atomic E-state index is -0.241. The summed E-state index contributed by atoms with van der Waals surface area (Å²) in [5, 5.41) is 3.03. The molecule has 6 heteroatoms. The highest BCUT2D eigenvalue weighted by Crippen LogP contribution is 2.36. The molecule has 1 aliphatic rings. The summed E-state index contributed by atoms with van der Waals surface area (Å²) in [6.45, 7) is 1.33. The Morgan fingerprint density at radius 2 is 1.76 bits per heavy atom. The zero-order valence-electron chi connectivity index (χ0n) is 19.0. The molecule has 3 aromatic carbocycles. The Hall–Kier alpha value is -3.38. The van der Waals surface area contributed by atoms with Crippen LogP contribution in [0.5, 0.6) is 11.5 Å². The fourth-order valence-electron chi connectivity index (χ4n) is 4.45. The van der Waals surface area contributed by atoms with E-state index in [9.17, 15) is 9.18 Å². The van der Waals surface area contributed by atoms with Crippen LogP contribution in [-0.4, -0.2) is 31.6 Å². The Balaban J connectivity index is 1.52. The van der Waals surface area contributed by atoms with Crippen molar-refractivity contribution in [2.45, 2.75) is 25.4 Å². The van der Waals surface area contributed by atoms with Crippen LogP contribution in [0.2, 0.25) is 0 Å². The molecule has 0 aromatic heterocycles. The molecule has 0 bridgehead atoms. The predicted molar refractivity (Wildman–Crippen MR) is 127 cm³/mol. The van der Waals surface area contributed by atoms with Crippen LogP contribution in [0.1, 0.15) is 30.0 Å². The van der Waals surface area contributed by atoms with Crippen molar-refractivity contribution < 1.29 is 18.7 Å². The number of carbonyl (C=O) groups excluding carboxylic acids is 1. The Labute approximate surface area is 194 Å². The molecule has 1 saturated heterocycles. The Morgan fingerprint density at radius 3 is 2.45 bits per heavy atom. The average molecular weight is 449 g/mol. The molecule has 1 heterocycles. The second-order valence-electron chi connectivity index (χ2n) is 8.31. The van der Waals surface area contributed by atoms with E-state index in [1.54, 1.807) is 32.4 Å². The van der Waals surface area contributed by atoms with E-state index in [1.165, 1.54) is 17.7 Å². The van der Waals surface area contributed by atoms with Crippen molar-refractivity contribution >= 4 is 11.6 Å². The monoisotopic (exact) mass is 448 g/mol. The number of nitrogens with one attached hydrogen (secondary N) is 1. The summed E-state index contributed by atoms with van der Waals surface area (Å²) in [5.41, 5.74) is 2.88. The highest BCUT2D eigenvalue weighted by molar-refractivity contribution is 5.94. The minimum Gasteiger partial charge on any atom is -0.497 e. The average Bonchev–Trinajstić information content (AvgIpc) is 2.85. The van der Waals surface area contributed by atoms with Crippen LogP contribution in [-0.2, 0) is 11.3 Å². The SMILES string of the molecule is COc1ccc(NC(=O)C2CCC(c3ccc(F)cc3)N(Cc3ccccc3)C2)c(OC)c1. The van der Waals surface area contributed by atoms with Gasteiger partial charge in [0.15, 0.2) is 0 Å². The van der Waals surface area contributed by atoms with Gasteiger partial charge in [-0.15, -0.1) is 0 Å². The quantitative estimate of drug-likeness (QED) is 0.523. The third kappa shape index (κ3) is 5.52. The lowest BCUT2D eigenvalue weighted by Crippen LogP contribution is -2.42. The van der Waals surface area contributed by atoms with Gasteiger partial charge < -0.3 is 14.8 Å². The highest BCUT2D eigenvalue weighted by atomic mass is 19.1. The number of amides is 1. The van der Waals surface area contributed by atoms with Crippen molar-refractivity contribution in [2.75, 3.05) is 26.1 Å². The van der Waals surface area contributed by atoms with E-state index in [4.69, 9.17) is 9.47 Å². The first kappa shape index (κ1) is 22.8. The molecule has 1 amide bonds. The van der Waals surface area contributed by atoms with Crippen molar-refractivity contribution in [1.29, 1.82) is 0 Å². The van der Waals surface area contributed by atoms with Crippen molar-refractivity contribution in [3.05, 3.63) is 89.7 Å². The summed E-state index contributed by atoms with van der Waals surface area (Å²) in [5.74, 6) is 0.781. The number of halogens is 1. The van der Waals surface area contributed by atoms with Crippen molar-refractivity contribution in [2.24, 2.45) is 5.92 Å². The number of rotatable bonds is 7. The first-order valence-electron chi connectivity index (χ1n) is 11.1. The molecule has 4 rings (SSSR count). The fraction of sp³-hybridized carbons (Fsp3) is 0.296. The molecule has 1 fully saturated rings. The molecule has 172 valence electrons. The molecule has 0 aliphatic carbocycles. The highest BCUT2D eigenvalue weighted by Gasteiger charge is 2.33. The summed E-state index contributed by atoms with van der Waals surface area (Å²) in [4.78, 5) is 15.5. The number of piperidine rings is 1. The van der Waals surface area contributed by atoms with Crippen LogP contribution < -0.4 is 14.8 Å². The van der Waals surface area contributed by atoms with Gasteiger partial charge in [0.1, 0.15) is 17.3 Å². The number of anilines is 1. The maximum atomic E-state index is 13.5. The van der Waals surface area contributed by atoms with E-state index in [1.807, 2.05) is 30.3 Å². The van der Waals surface area contributed by atoms with E-state index < -0.39 is 0 Å². The minimum absolute atomic E-state index is 0.0333. The van der Waals surface area contributed by atoms with E-state index in [0.29, 0.717) is 23.7 Å². The lowest BCUT2D eigenvalue weighted by atomic mass is 9.88. The lowest BCUT2D eigenvalue weighted by Gasteiger charge is -2.39. The molecular weight excluding hydrogens is 419 g/mol. The maximum Gasteiger partial charge on any atom is 0.228 e. The number of carbonyl (C=O) groups is 1. The Kier molecular flexibility index (Phi) is 7.25. The van der Waals surface area contributed by atoms with Gasteiger partial charge in [0, 0.05) is 25.2 Å². The Bertz CT molecular complexity index is 1070. The summed E-state index contributed by atoms with van der Waals surface area (Å²) in [6, 6.07) is 22.4. The number of hydrogen-bond acceptors (Lipinski definition) is 4. The van der Waals surface area contributed by atoms with Gasteiger partial charge in [0.2, 0.25) is 5.91 Å². The van der Waals surface area contributed by atoms with Gasteiger partial charge in [0.25, 0.3) is 0 Å². The van der Waals surface area contributed by atoms with E-state index in [0.717, 1.165) is 24.9 Å². The third-order valence-electron chi connectivity index (χ3n) is 6.20. The number of hydrogen-bond donors (Lipinski definition) is 1. The molecule has 1 N–H and O–H groups in total. The van der Waals surface area contributed by atoms with Crippen LogP contribution >= 0.6 is 0 Å². The Morgan fingerprint density at radius 1 is 1.00 bits per heavy atom. The van der Waals surface area contributed by atoms with Gasteiger partial charge in [-0.3, -0.25) is 9.69 Å². The largest absolute Gasteiger partial charge is 0.497 e. The van der Waals surface area contributed by atoms with Crippen LogP contribution in [0.4, 0.5) is 10.1 Å². The number of benzene rings is 3. The summed E-state index contributed by atoms with van der Waals surface area (Å²) >= 11 is 0. The molecule has 33 heavy (non-hydrogen) atoms. The van der Waals surface area contributed by atoms with Gasteiger partial charge in [-0.25, -0.2) is 4.39 Å². The molecule has 5 nitrogen and oxygen atoms in total. The molecule has 2 atom stereocenters. The van der Waals surface area contributed by atoms with Gasteiger partial charge in [-0.1, -0.05) is 42.5 Å². The van der Waals surface area contributed by atoms with E-state index >= 15 is 0 Å². The molecule has 0 saturated carbocycles. The predicted octanol–water partition coefficient (Wildman–Crippen LogP) is 5.43. The zero-order valence-corrected chi connectivity index (χ0v) is 19.0. The molecule has 0 spiro atoms. The van der Waals surface area contributed by atoms with Gasteiger partial charge in [-0.05, 0) is 48.2 Å². The first-order valence-corrected chi connectivity index (χ1v) is 11.1. The van der Waals surface area contributed by atoms with Crippen LogP contribution in [0, 0.1) is 11.7 Å². The molecule has 3 aromatic rings. The second kappa shape index (κ2) is 10.5. The summed E-state index contributed by atoms with van der Waals surface area (Å²) in [6.07, 6.45) is 1.56. The molecule has 1 aliphatic heterocycles. The summed E-state index contributed by atoms with van der Waals surface area (Å²) in [7, 11) is 3.16.